The zero-order chi connectivity index (χ0) is 11.1. The molecule has 0 atom stereocenters. The molecule has 0 radical (unpaired) electrons. The number of carbonyl (C=O) groups is 1. The van der Waals surface area contributed by atoms with Gasteiger partial charge in [-0.3, -0.25) is 4.79 Å². The average molecular weight is 260 g/mol. The van der Waals surface area contributed by atoms with Gasteiger partial charge in [0.2, 0.25) is 0 Å². The molecule has 0 aliphatic rings. The molecule has 0 rings (SSSR count). The Morgan fingerprint density at radius 2 is 1.13 bits per heavy atom. The van der Waals surface area contributed by atoms with Crippen molar-refractivity contribution in [2.45, 2.75) is 33.6 Å². The Hall–Kier alpha value is 0.224. The normalized spacial score (nSPS) is 6.53. The second-order valence-electron chi connectivity index (χ2n) is 2.31. The fourth-order valence-electron chi connectivity index (χ4n) is 0. The topological polar surface area (TPSA) is 109 Å². The van der Waals surface area contributed by atoms with Crippen molar-refractivity contribution in [1.82, 2.24) is 0 Å². The molecule has 0 spiro atoms. The first-order valence-corrected chi connectivity index (χ1v) is 4.42. The van der Waals surface area contributed by atoms with Crippen LogP contribution in [-0.4, -0.2) is 46.4 Å². The van der Waals surface area contributed by atoms with Crippen molar-refractivity contribution in [3.63, 3.8) is 0 Å². The summed E-state index contributed by atoms with van der Waals surface area (Å²) in [5.74, 6) is -0.190. The van der Waals surface area contributed by atoms with E-state index in [1.165, 1.54) is 6.92 Å². The Kier molecular flexibility index (Phi) is 72.2. The Morgan fingerprint density at radius 3 is 1.13 bits per heavy atom. The number of carbonyl (C=O) groups excluding carboxylic acids is 1. The van der Waals surface area contributed by atoms with Crippen LogP contribution < -0.4 is 0 Å². The number of Topliss-reactive ketones (excluding diaryl/α,β-unsaturated/α-hetero) is 1. The van der Waals surface area contributed by atoms with Gasteiger partial charge in [-0.05, 0) is 19.8 Å². The molecule has 0 saturated heterocycles. The van der Waals surface area contributed by atoms with E-state index in [1.807, 2.05) is 13.8 Å². The maximum absolute atomic E-state index is 9.56. The predicted octanol–water partition coefficient (Wildman–Crippen LogP) is -0.482. The van der Waals surface area contributed by atoms with E-state index < -0.39 is 0 Å². The molecule has 0 unspecified atom stereocenters. The second-order valence-corrected chi connectivity index (χ2v) is 2.31. The van der Waals surface area contributed by atoms with E-state index in [-0.39, 0.29) is 39.6 Å². The smallest absolute Gasteiger partial charge is 0.155 e. The first kappa shape index (κ1) is 29.5. The van der Waals surface area contributed by atoms with Gasteiger partial charge >= 0.3 is 0 Å². The number of aliphatic hydroxyl groups is 3. The summed E-state index contributed by atoms with van der Waals surface area (Å²) >= 11 is 0. The van der Waals surface area contributed by atoms with Gasteiger partial charge in [-0.25, -0.2) is 0 Å². The maximum Gasteiger partial charge on any atom is 0.155 e. The molecular weight excluding hydrogens is 236 g/mol. The molecule has 0 saturated carbocycles. The van der Waals surface area contributed by atoms with Gasteiger partial charge in [0.25, 0.3) is 0 Å². The third kappa shape index (κ3) is 119. The fourth-order valence-corrected chi connectivity index (χ4v) is 0. The van der Waals surface area contributed by atoms with Crippen LogP contribution in [0.2, 0.25) is 0 Å². The fraction of sp³-hybridized carbons (Fsp3) is 0.889. The Morgan fingerprint density at radius 1 is 1.00 bits per heavy atom. The van der Waals surface area contributed by atoms with Crippen molar-refractivity contribution in [3.05, 3.63) is 0 Å². The van der Waals surface area contributed by atoms with Crippen LogP contribution in [0, 0.1) is 0 Å². The minimum Gasteiger partial charge on any atom is -0.412 e. The molecule has 0 amide bonds. The summed E-state index contributed by atoms with van der Waals surface area (Å²) in [4.78, 5) is 9.56. The molecule has 5 nitrogen and oxygen atoms in total. The second kappa shape index (κ2) is 36.8. The van der Waals surface area contributed by atoms with Gasteiger partial charge < -0.3 is 20.8 Å². The first-order chi connectivity index (χ1) is 6.10. The summed E-state index contributed by atoms with van der Waals surface area (Å²) in [5.41, 5.74) is 0. The van der Waals surface area contributed by atoms with Crippen molar-refractivity contribution in [1.29, 1.82) is 0 Å². The van der Waals surface area contributed by atoms with Crippen LogP contribution in [0.5, 0.6) is 0 Å². The molecule has 0 bridgehead atoms. The van der Waals surface area contributed by atoms with Gasteiger partial charge in [0.1, 0.15) is 6.61 Å². The number of rotatable bonds is 3. The molecule has 6 heteroatoms. The SMILES string of the molecule is CC(=O)CO.CCCO.CCCO.O.[Ti]. The summed E-state index contributed by atoms with van der Waals surface area (Å²) in [6, 6.07) is 0. The number of hydrogen-bond donors (Lipinski definition) is 3. The van der Waals surface area contributed by atoms with E-state index in [0.29, 0.717) is 13.2 Å². The molecule has 0 aliphatic carbocycles. The van der Waals surface area contributed by atoms with Crippen molar-refractivity contribution in [2.75, 3.05) is 19.8 Å². The van der Waals surface area contributed by atoms with Gasteiger partial charge in [0, 0.05) is 34.9 Å². The third-order valence-electron chi connectivity index (χ3n) is 0.670. The van der Waals surface area contributed by atoms with Crippen LogP contribution in [0.1, 0.15) is 33.6 Å². The largest absolute Gasteiger partial charge is 0.412 e. The van der Waals surface area contributed by atoms with E-state index in [1.54, 1.807) is 0 Å². The summed E-state index contributed by atoms with van der Waals surface area (Å²) in [5, 5.41) is 23.5. The quantitative estimate of drug-likeness (QED) is 0.595. The van der Waals surface area contributed by atoms with E-state index in [9.17, 15) is 4.79 Å². The number of aliphatic hydroxyl groups excluding tert-OH is 3. The van der Waals surface area contributed by atoms with Gasteiger partial charge in [-0.1, -0.05) is 13.8 Å². The van der Waals surface area contributed by atoms with E-state index in [2.05, 4.69) is 0 Å². The third-order valence-corrected chi connectivity index (χ3v) is 0.670. The summed E-state index contributed by atoms with van der Waals surface area (Å²) in [7, 11) is 0. The predicted molar refractivity (Wildman–Crippen MR) is 56.1 cm³/mol. The van der Waals surface area contributed by atoms with Gasteiger partial charge in [0.05, 0.1) is 0 Å². The van der Waals surface area contributed by atoms with Gasteiger partial charge in [0.15, 0.2) is 5.78 Å². The first-order valence-electron chi connectivity index (χ1n) is 4.42. The van der Waals surface area contributed by atoms with E-state index >= 15 is 0 Å². The Labute approximate surface area is 107 Å². The summed E-state index contributed by atoms with van der Waals surface area (Å²) < 4.78 is 0. The minimum absolute atomic E-state index is 0. The molecule has 0 aromatic carbocycles. The number of ketones is 1. The van der Waals surface area contributed by atoms with Crippen LogP contribution in [0.15, 0.2) is 0 Å². The molecule has 5 N–H and O–H groups in total. The molecule has 0 heterocycles. The standard InChI is InChI=1S/C3H6O2.2C3H8O.H2O.Ti/c1-3(5)2-4;2*1-2-3-4;;/h4H,2H2,1H3;2*4H,2-3H2,1H3;1H2;. The monoisotopic (exact) mass is 260 g/mol. The zero-order valence-electron chi connectivity index (χ0n) is 9.79. The maximum atomic E-state index is 9.56. The molecular formula is C9H24O5Ti. The van der Waals surface area contributed by atoms with Crippen LogP contribution in [0.25, 0.3) is 0 Å². The molecule has 94 valence electrons. The van der Waals surface area contributed by atoms with Crippen molar-refractivity contribution >= 4 is 5.78 Å². The Balaban J connectivity index is -0.0000000315. The van der Waals surface area contributed by atoms with Gasteiger partial charge in [-0.15, -0.1) is 0 Å². The minimum atomic E-state index is -0.333. The summed E-state index contributed by atoms with van der Waals surface area (Å²) in [6.07, 6.45) is 1.75. The molecule has 15 heavy (non-hydrogen) atoms. The molecule has 0 aromatic rings. The van der Waals surface area contributed by atoms with Crippen LogP contribution in [-0.2, 0) is 26.5 Å². The van der Waals surface area contributed by atoms with Crippen LogP contribution in [0.4, 0.5) is 0 Å². The van der Waals surface area contributed by atoms with Gasteiger partial charge in [-0.2, -0.15) is 0 Å². The summed E-state index contributed by atoms with van der Waals surface area (Å²) in [6.45, 7) is 5.50. The molecule has 0 aromatic heterocycles. The van der Waals surface area contributed by atoms with E-state index in [4.69, 9.17) is 15.3 Å². The molecule has 0 fully saturated rings. The van der Waals surface area contributed by atoms with Crippen LogP contribution in [0.3, 0.4) is 0 Å². The number of hydrogen-bond acceptors (Lipinski definition) is 4. The molecule has 0 aliphatic heterocycles. The van der Waals surface area contributed by atoms with Crippen molar-refractivity contribution in [2.24, 2.45) is 0 Å². The van der Waals surface area contributed by atoms with Crippen molar-refractivity contribution < 1.29 is 47.3 Å². The Bertz CT molecular complexity index is 82.6. The average Bonchev–Trinajstić information content (AvgIpc) is 2.18. The van der Waals surface area contributed by atoms with Crippen LogP contribution >= 0.6 is 0 Å². The van der Waals surface area contributed by atoms with Crippen molar-refractivity contribution in [3.8, 4) is 0 Å². The zero-order valence-corrected chi connectivity index (χ0v) is 11.3. The van der Waals surface area contributed by atoms with E-state index in [0.717, 1.165) is 12.8 Å².